The molecule has 0 spiro atoms. The minimum Gasteiger partial charge on any atom is -0.383 e. The zero-order valence-corrected chi connectivity index (χ0v) is 18.6. The molecule has 0 aliphatic carbocycles. The number of carbonyl (C=O) groups is 1. The highest BCUT2D eigenvalue weighted by Gasteiger charge is 2.26. The van der Waals surface area contributed by atoms with Gasteiger partial charge in [-0.15, -0.1) is 0 Å². The van der Waals surface area contributed by atoms with Gasteiger partial charge in [-0.3, -0.25) is 19.1 Å². The summed E-state index contributed by atoms with van der Waals surface area (Å²) in [6.07, 6.45) is 1.05. The monoisotopic (exact) mass is 436 g/mol. The summed E-state index contributed by atoms with van der Waals surface area (Å²) in [6.45, 7) is 7.93. The molecule has 0 radical (unpaired) electrons. The first-order chi connectivity index (χ1) is 13.8. The Morgan fingerprint density at radius 1 is 1.17 bits per heavy atom. The second-order valence-electron chi connectivity index (χ2n) is 8.11. The number of hydrogen-bond acceptors (Lipinski definition) is 6. The van der Waals surface area contributed by atoms with E-state index in [9.17, 15) is 22.8 Å². The van der Waals surface area contributed by atoms with Crippen molar-refractivity contribution < 1.29 is 13.2 Å². The smallest absolute Gasteiger partial charge is 0.330 e. The van der Waals surface area contributed by atoms with Gasteiger partial charge in [-0.05, 0) is 30.0 Å². The van der Waals surface area contributed by atoms with E-state index in [1.165, 1.54) is 33.7 Å². The lowest BCUT2D eigenvalue weighted by Crippen LogP contribution is -2.43. The maximum atomic E-state index is 13.3. The number of nitrogens with two attached hydrogens (primary N) is 1. The summed E-state index contributed by atoms with van der Waals surface area (Å²) < 4.78 is 25.0. The lowest BCUT2D eigenvalue weighted by atomic mass is 10.1. The predicted molar refractivity (Wildman–Crippen MR) is 117 cm³/mol. The van der Waals surface area contributed by atoms with Crippen molar-refractivity contribution >= 4 is 27.2 Å². The Morgan fingerprint density at radius 2 is 1.80 bits per heavy atom. The predicted octanol–water partition coefficient (Wildman–Crippen LogP) is 1.48. The molecule has 1 heterocycles. The molecule has 1 amide bonds. The van der Waals surface area contributed by atoms with Gasteiger partial charge in [0.05, 0.1) is 4.90 Å². The van der Waals surface area contributed by atoms with Crippen LogP contribution < -0.4 is 21.9 Å². The maximum absolute atomic E-state index is 13.3. The van der Waals surface area contributed by atoms with Crippen molar-refractivity contribution in [1.82, 2.24) is 9.55 Å². The van der Waals surface area contributed by atoms with Gasteiger partial charge in [0.2, 0.25) is 0 Å². The van der Waals surface area contributed by atoms with Gasteiger partial charge in [0.1, 0.15) is 5.82 Å². The first-order valence-corrected chi connectivity index (χ1v) is 11.5. The van der Waals surface area contributed by atoms with Crippen LogP contribution in [0.25, 0.3) is 0 Å². The molecule has 0 bridgehead atoms. The lowest BCUT2D eigenvalue weighted by Gasteiger charge is -2.26. The third kappa shape index (κ3) is 5.18. The summed E-state index contributed by atoms with van der Waals surface area (Å²) in [5.41, 5.74) is 4.73. The Hall–Kier alpha value is -2.88. The number of H-pyrrole nitrogens is 1. The Labute approximate surface area is 175 Å². The van der Waals surface area contributed by atoms with E-state index in [0.717, 1.165) is 6.26 Å². The van der Waals surface area contributed by atoms with Crippen molar-refractivity contribution in [3.05, 3.63) is 50.7 Å². The second-order valence-corrected chi connectivity index (χ2v) is 10.1. The van der Waals surface area contributed by atoms with Crippen molar-refractivity contribution in [1.29, 1.82) is 0 Å². The van der Waals surface area contributed by atoms with Gasteiger partial charge in [0.25, 0.3) is 11.5 Å². The van der Waals surface area contributed by atoms with E-state index in [4.69, 9.17) is 5.73 Å². The topological polar surface area (TPSA) is 135 Å². The van der Waals surface area contributed by atoms with E-state index in [1.54, 1.807) is 0 Å². The summed E-state index contributed by atoms with van der Waals surface area (Å²) in [7, 11) is -3.52. The Balaban J connectivity index is 2.69. The summed E-state index contributed by atoms with van der Waals surface area (Å²) >= 11 is 0. The van der Waals surface area contributed by atoms with E-state index in [0.29, 0.717) is 0 Å². The number of aromatic nitrogens is 2. The van der Waals surface area contributed by atoms with Crippen LogP contribution in [-0.4, -0.2) is 36.7 Å². The molecule has 0 aliphatic heterocycles. The molecule has 2 aromatic rings. The van der Waals surface area contributed by atoms with Gasteiger partial charge < -0.3 is 10.6 Å². The minimum atomic E-state index is -3.52. The molecule has 30 heavy (non-hydrogen) atoms. The van der Waals surface area contributed by atoms with E-state index in [1.807, 2.05) is 27.7 Å². The van der Waals surface area contributed by atoms with Crippen LogP contribution in [-0.2, 0) is 16.4 Å². The number of rotatable bonds is 7. The number of nitrogens with one attached hydrogen (secondary N) is 1. The SMILES string of the molecule is CC(C)CN(C(=O)c1cccc(S(C)(=O)=O)c1)c1c(N)n(CC(C)C)c(=O)[nH]c1=O. The quantitative estimate of drug-likeness (QED) is 0.675. The molecule has 0 saturated carbocycles. The van der Waals surface area contributed by atoms with Crippen molar-refractivity contribution in [2.75, 3.05) is 23.4 Å². The molecule has 3 N–H and O–H groups in total. The Bertz CT molecular complexity index is 1160. The number of carbonyl (C=O) groups excluding carboxylic acids is 1. The normalized spacial score (nSPS) is 11.8. The molecule has 1 aromatic heterocycles. The van der Waals surface area contributed by atoms with Crippen LogP contribution in [0.5, 0.6) is 0 Å². The summed E-state index contributed by atoms with van der Waals surface area (Å²) in [4.78, 5) is 41.6. The van der Waals surface area contributed by atoms with Gasteiger partial charge in [-0.25, -0.2) is 13.2 Å². The largest absolute Gasteiger partial charge is 0.383 e. The fourth-order valence-corrected chi connectivity index (χ4v) is 3.71. The van der Waals surface area contributed by atoms with Crippen LogP contribution >= 0.6 is 0 Å². The minimum absolute atomic E-state index is 0.00972. The average molecular weight is 437 g/mol. The number of hydrogen-bond donors (Lipinski definition) is 2. The zero-order chi connectivity index (χ0) is 22.8. The molecule has 1 aromatic carbocycles. The number of nitrogen functional groups attached to an aromatic ring is 1. The van der Waals surface area contributed by atoms with Crippen LogP contribution in [0.2, 0.25) is 0 Å². The molecule has 0 saturated heterocycles. The number of sulfone groups is 1. The Morgan fingerprint density at radius 3 is 2.33 bits per heavy atom. The first-order valence-electron chi connectivity index (χ1n) is 9.57. The third-order valence-corrected chi connectivity index (χ3v) is 5.44. The van der Waals surface area contributed by atoms with Crippen molar-refractivity contribution in [2.45, 2.75) is 39.1 Å². The molecular weight excluding hydrogens is 408 g/mol. The first kappa shape index (κ1) is 23.4. The van der Waals surface area contributed by atoms with Crippen LogP contribution in [0.1, 0.15) is 38.1 Å². The number of amides is 1. The molecule has 0 fully saturated rings. The highest BCUT2D eigenvalue weighted by molar-refractivity contribution is 7.90. The van der Waals surface area contributed by atoms with Gasteiger partial charge >= 0.3 is 5.69 Å². The van der Waals surface area contributed by atoms with Crippen LogP contribution in [0.15, 0.2) is 38.8 Å². The standard InChI is InChI=1S/C20H28N4O5S/c1-12(2)10-23(19(26)14-7-6-8-15(9-14)30(5,28)29)16-17(21)24(11-13(3)4)20(27)22-18(16)25/h6-9,12-13H,10-11,21H2,1-5H3,(H,22,25,27). The number of anilines is 2. The highest BCUT2D eigenvalue weighted by atomic mass is 32.2. The van der Waals surface area contributed by atoms with E-state index < -0.39 is 27.0 Å². The fourth-order valence-electron chi connectivity index (χ4n) is 3.04. The van der Waals surface area contributed by atoms with Crippen molar-refractivity contribution in [3.63, 3.8) is 0 Å². The van der Waals surface area contributed by atoms with Gasteiger partial charge in [-0.2, -0.15) is 0 Å². The molecule has 164 valence electrons. The summed E-state index contributed by atoms with van der Waals surface area (Å²) in [6, 6.07) is 5.59. The summed E-state index contributed by atoms with van der Waals surface area (Å²) in [5.74, 6) is -0.646. The number of aromatic amines is 1. The van der Waals surface area contributed by atoms with Crippen LogP contribution in [0.4, 0.5) is 11.5 Å². The summed E-state index contributed by atoms with van der Waals surface area (Å²) in [5, 5.41) is 0. The van der Waals surface area contributed by atoms with Crippen LogP contribution in [0.3, 0.4) is 0 Å². The van der Waals surface area contributed by atoms with Crippen molar-refractivity contribution in [3.8, 4) is 0 Å². The fraction of sp³-hybridized carbons (Fsp3) is 0.450. The Kier molecular flexibility index (Phi) is 6.91. The second kappa shape index (κ2) is 8.86. The van der Waals surface area contributed by atoms with Crippen LogP contribution in [0, 0.1) is 11.8 Å². The van der Waals surface area contributed by atoms with Gasteiger partial charge in [0.15, 0.2) is 15.5 Å². The molecule has 0 atom stereocenters. The molecule has 2 rings (SSSR count). The van der Waals surface area contributed by atoms with Gasteiger partial charge in [0, 0.05) is 24.9 Å². The van der Waals surface area contributed by atoms with E-state index in [-0.39, 0.29) is 46.9 Å². The highest BCUT2D eigenvalue weighted by Crippen LogP contribution is 2.22. The van der Waals surface area contributed by atoms with E-state index in [2.05, 4.69) is 4.98 Å². The third-order valence-electron chi connectivity index (χ3n) is 4.33. The molecular formula is C20H28N4O5S. The molecule has 9 nitrogen and oxygen atoms in total. The lowest BCUT2D eigenvalue weighted by molar-refractivity contribution is 0.0983. The molecule has 0 aliphatic rings. The maximum Gasteiger partial charge on any atom is 0.330 e. The van der Waals surface area contributed by atoms with E-state index >= 15 is 0 Å². The zero-order valence-electron chi connectivity index (χ0n) is 17.8. The number of nitrogens with zero attached hydrogens (tertiary/aromatic N) is 2. The van der Waals surface area contributed by atoms with Gasteiger partial charge in [-0.1, -0.05) is 33.8 Å². The molecule has 0 unspecified atom stereocenters. The average Bonchev–Trinajstić information content (AvgIpc) is 2.62. The number of benzene rings is 1. The molecule has 10 heteroatoms. The van der Waals surface area contributed by atoms with Crippen molar-refractivity contribution in [2.24, 2.45) is 11.8 Å².